The molecule has 0 radical (unpaired) electrons. The summed E-state index contributed by atoms with van der Waals surface area (Å²) < 4.78 is 12.9. The van der Waals surface area contributed by atoms with Crippen molar-refractivity contribution in [2.75, 3.05) is 0 Å². The van der Waals surface area contributed by atoms with E-state index in [4.69, 9.17) is 17.3 Å². The Balaban J connectivity index is 1.95. The first-order valence-electron chi connectivity index (χ1n) is 4.78. The van der Waals surface area contributed by atoms with Crippen LogP contribution in [0.25, 0.3) is 0 Å². The van der Waals surface area contributed by atoms with Crippen molar-refractivity contribution < 1.29 is 4.39 Å². The van der Waals surface area contributed by atoms with E-state index in [0.717, 1.165) is 24.8 Å². The molecule has 0 atom stereocenters. The molecule has 14 heavy (non-hydrogen) atoms. The highest BCUT2D eigenvalue weighted by molar-refractivity contribution is 6.30. The topological polar surface area (TPSA) is 26.0 Å². The van der Waals surface area contributed by atoms with E-state index in [2.05, 4.69) is 0 Å². The molecule has 0 aromatic heterocycles. The first-order valence-corrected chi connectivity index (χ1v) is 5.15. The third-order valence-electron chi connectivity index (χ3n) is 3.60. The molecule has 0 spiro atoms. The summed E-state index contributed by atoms with van der Waals surface area (Å²) in [6.07, 6.45) is 3.09. The minimum atomic E-state index is -0.343. The number of benzene rings is 1. The molecule has 1 aromatic carbocycles. The lowest BCUT2D eigenvalue weighted by Crippen LogP contribution is -2.74. The minimum absolute atomic E-state index is 0.0842. The monoisotopic (exact) mass is 211 g/mol. The summed E-state index contributed by atoms with van der Waals surface area (Å²) in [5, 5.41) is 0.221. The summed E-state index contributed by atoms with van der Waals surface area (Å²) in [5.74, 6) is -0.343. The molecule has 3 saturated carbocycles. The molecule has 1 aromatic rings. The molecule has 0 aliphatic heterocycles. The van der Waals surface area contributed by atoms with Crippen LogP contribution in [0.2, 0.25) is 5.02 Å². The Morgan fingerprint density at radius 1 is 1.29 bits per heavy atom. The number of nitrogens with two attached hydrogens (primary N) is 1. The quantitative estimate of drug-likeness (QED) is 0.759. The summed E-state index contributed by atoms with van der Waals surface area (Å²) >= 11 is 5.75. The average molecular weight is 212 g/mol. The molecular weight excluding hydrogens is 201 g/mol. The Morgan fingerprint density at radius 2 is 1.93 bits per heavy atom. The fourth-order valence-corrected chi connectivity index (χ4v) is 3.18. The zero-order valence-electron chi connectivity index (χ0n) is 7.69. The SMILES string of the molecule is NC12CC(c3ccc(F)c(Cl)c3)(C1)C2. The number of hydrogen-bond donors (Lipinski definition) is 1. The standard InChI is InChI=1S/C11H11ClFN/c12-8-3-7(1-2-9(8)13)10-4-11(14,5-10)6-10/h1-3H,4-6,14H2. The fourth-order valence-electron chi connectivity index (χ4n) is 3.00. The van der Waals surface area contributed by atoms with E-state index in [9.17, 15) is 4.39 Å². The van der Waals surface area contributed by atoms with Gasteiger partial charge in [0, 0.05) is 11.0 Å². The van der Waals surface area contributed by atoms with Crippen LogP contribution in [0.5, 0.6) is 0 Å². The maximum Gasteiger partial charge on any atom is 0.141 e. The van der Waals surface area contributed by atoms with E-state index in [1.165, 1.54) is 6.07 Å². The molecule has 0 unspecified atom stereocenters. The van der Waals surface area contributed by atoms with Gasteiger partial charge >= 0.3 is 0 Å². The minimum Gasteiger partial charge on any atom is -0.325 e. The molecule has 1 nitrogen and oxygen atoms in total. The van der Waals surface area contributed by atoms with Gasteiger partial charge in [-0.2, -0.15) is 0 Å². The van der Waals surface area contributed by atoms with Crippen LogP contribution in [-0.2, 0) is 5.41 Å². The van der Waals surface area contributed by atoms with Crippen molar-refractivity contribution in [2.45, 2.75) is 30.2 Å². The summed E-state index contributed by atoms with van der Waals surface area (Å²) in [6.45, 7) is 0. The lowest BCUT2D eigenvalue weighted by atomic mass is 9.38. The molecule has 0 saturated heterocycles. The Morgan fingerprint density at radius 3 is 2.43 bits per heavy atom. The van der Waals surface area contributed by atoms with Crippen molar-refractivity contribution in [2.24, 2.45) is 5.73 Å². The van der Waals surface area contributed by atoms with Gasteiger partial charge in [-0.1, -0.05) is 17.7 Å². The predicted octanol–water partition coefficient (Wildman–Crippen LogP) is 2.61. The first-order chi connectivity index (χ1) is 6.53. The molecule has 0 amide bonds. The molecule has 3 aliphatic rings. The second kappa shape index (κ2) is 2.31. The van der Waals surface area contributed by atoms with E-state index in [1.807, 2.05) is 6.07 Å². The maximum atomic E-state index is 12.9. The Kier molecular flexibility index (Phi) is 1.43. The molecule has 3 heteroatoms. The van der Waals surface area contributed by atoms with Crippen molar-refractivity contribution in [1.29, 1.82) is 0 Å². The molecule has 0 heterocycles. The van der Waals surface area contributed by atoms with Gasteiger partial charge in [-0.3, -0.25) is 0 Å². The fraction of sp³-hybridized carbons (Fsp3) is 0.455. The van der Waals surface area contributed by atoms with Gasteiger partial charge in [0.15, 0.2) is 0 Å². The first kappa shape index (κ1) is 8.69. The van der Waals surface area contributed by atoms with Gasteiger partial charge in [0.1, 0.15) is 5.82 Å². The van der Waals surface area contributed by atoms with Gasteiger partial charge in [-0.15, -0.1) is 0 Å². The van der Waals surface area contributed by atoms with Crippen LogP contribution in [0.4, 0.5) is 4.39 Å². The average Bonchev–Trinajstić information content (AvgIpc) is 2.03. The maximum absolute atomic E-state index is 12.9. The Bertz CT molecular complexity index is 396. The Hall–Kier alpha value is -0.600. The van der Waals surface area contributed by atoms with E-state index in [-0.39, 0.29) is 21.8 Å². The zero-order valence-corrected chi connectivity index (χ0v) is 8.44. The van der Waals surface area contributed by atoms with Gasteiger partial charge in [0.05, 0.1) is 5.02 Å². The molecule has 2 bridgehead atoms. The summed E-state index contributed by atoms with van der Waals surface area (Å²) in [6, 6.07) is 5.02. The van der Waals surface area contributed by atoms with Gasteiger partial charge in [0.2, 0.25) is 0 Å². The predicted molar refractivity (Wildman–Crippen MR) is 53.9 cm³/mol. The highest BCUT2D eigenvalue weighted by Crippen LogP contribution is 2.66. The molecule has 3 aliphatic carbocycles. The van der Waals surface area contributed by atoms with Crippen LogP contribution in [-0.4, -0.2) is 5.54 Å². The van der Waals surface area contributed by atoms with Crippen LogP contribution in [0, 0.1) is 5.82 Å². The number of hydrogen-bond acceptors (Lipinski definition) is 1. The number of rotatable bonds is 1. The van der Waals surface area contributed by atoms with Gasteiger partial charge < -0.3 is 5.73 Å². The van der Waals surface area contributed by atoms with Crippen molar-refractivity contribution in [3.8, 4) is 0 Å². The second-order valence-electron chi connectivity index (χ2n) is 4.80. The lowest BCUT2D eigenvalue weighted by molar-refractivity contribution is -0.0590. The van der Waals surface area contributed by atoms with E-state index in [1.54, 1.807) is 6.07 Å². The van der Waals surface area contributed by atoms with Gasteiger partial charge in [0.25, 0.3) is 0 Å². The van der Waals surface area contributed by atoms with E-state index in [0.29, 0.717) is 0 Å². The van der Waals surface area contributed by atoms with Crippen LogP contribution in [0.15, 0.2) is 18.2 Å². The molecule has 2 N–H and O–H groups in total. The highest BCUT2D eigenvalue weighted by Gasteiger charge is 2.66. The van der Waals surface area contributed by atoms with Crippen molar-refractivity contribution in [3.05, 3.63) is 34.6 Å². The lowest BCUT2D eigenvalue weighted by Gasteiger charge is -2.69. The van der Waals surface area contributed by atoms with Crippen molar-refractivity contribution in [3.63, 3.8) is 0 Å². The summed E-state index contributed by atoms with van der Waals surface area (Å²) in [4.78, 5) is 0. The van der Waals surface area contributed by atoms with Crippen LogP contribution >= 0.6 is 11.6 Å². The van der Waals surface area contributed by atoms with Crippen molar-refractivity contribution >= 4 is 11.6 Å². The smallest absolute Gasteiger partial charge is 0.141 e. The van der Waals surface area contributed by atoms with Crippen molar-refractivity contribution in [1.82, 2.24) is 0 Å². The third-order valence-corrected chi connectivity index (χ3v) is 3.89. The van der Waals surface area contributed by atoms with E-state index >= 15 is 0 Å². The third kappa shape index (κ3) is 0.931. The Labute approximate surface area is 87.1 Å². The summed E-state index contributed by atoms with van der Waals surface area (Å²) in [5.41, 5.74) is 7.43. The van der Waals surface area contributed by atoms with Crippen LogP contribution in [0.3, 0.4) is 0 Å². The zero-order chi connectivity index (χ0) is 9.97. The normalized spacial score (nSPS) is 38.8. The van der Waals surface area contributed by atoms with Gasteiger partial charge in [-0.05, 0) is 37.0 Å². The second-order valence-corrected chi connectivity index (χ2v) is 5.21. The molecule has 4 rings (SSSR count). The van der Waals surface area contributed by atoms with Crippen LogP contribution < -0.4 is 5.73 Å². The van der Waals surface area contributed by atoms with Crippen LogP contribution in [0.1, 0.15) is 24.8 Å². The highest BCUT2D eigenvalue weighted by atomic mass is 35.5. The molecule has 3 fully saturated rings. The largest absolute Gasteiger partial charge is 0.325 e. The summed E-state index contributed by atoms with van der Waals surface area (Å²) in [7, 11) is 0. The van der Waals surface area contributed by atoms with E-state index < -0.39 is 0 Å². The number of halogens is 2. The molecular formula is C11H11ClFN. The van der Waals surface area contributed by atoms with Gasteiger partial charge in [-0.25, -0.2) is 4.39 Å². The molecule has 74 valence electrons.